The maximum atomic E-state index is 3.80. The Kier molecular flexibility index (Phi) is 4.53. The van der Waals surface area contributed by atoms with Crippen molar-refractivity contribution in [3.63, 3.8) is 0 Å². The van der Waals surface area contributed by atoms with Crippen LogP contribution in [0.2, 0.25) is 0 Å². The molecule has 0 spiro atoms. The van der Waals surface area contributed by atoms with Crippen LogP contribution < -0.4 is 0 Å². The summed E-state index contributed by atoms with van der Waals surface area (Å²) in [6, 6.07) is 41.6. The van der Waals surface area contributed by atoms with E-state index in [1.807, 2.05) is 0 Å². The molecular weight excluding hydrogens is 460 g/mol. The van der Waals surface area contributed by atoms with Gasteiger partial charge in [-0.05, 0) is 40.8 Å². The van der Waals surface area contributed by atoms with E-state index < -0.39 is 0 Å². The number of aromatic amines is 2. The van der Waals surface area contributed by atoms with Crippen molar-refractivity contribution in [3.05, 3.63) is 150 Å². The van der Waals surface area contributed by atoms with E-state index in [-0.39, 0.29) is 5.41 Å². The topological polar surface area (TPSA) is 31.6 Å². The van der Waals surface area contributed by atoms with Gasteiger partial charge in [0.15, 0.2) is 0 Å². The van der Waals surface area contributed by atoms with Crippen LogP contribution in [-0.4, -0.2) is 9.97 Å². The first kappa shape index (κ1) is 21.3. The third-order valence-corrected chi connectivity index (χ3v) is 8.34. The monoisotopic (exact) mass is 486 g/mol. The van der Waals surface area contributed by atoms with Gasteiger partial charge >= 0.3 is 0 Å². The number of hydrogen-bond acceptors (Lipinski definition) is 0. The second-order valence-corrected chi connectivity index (χ2v) is 10.4. The van der Waals surface area contributed by atoms with Crippen molar-refractivity contribution >= 4 is 49.2 Å². The predicted molar refractivity (Wildman–Crippen MR) is 161 cm³/mol. The third kappa shape index (κ3) is 3.01. The number of aromatic nitrogens is 2. The average molecular weight is 487 g/mol. The highest BCUT2D eigenvalue weighted by Crippen LogP contribution is 2.49. The number of para-hydroxylation sites is 4. The summed E-state index contributed by atoms with van der Waals surface area (Å²) in [5, 5.41) is 5.07. The van der Waals surface area contributed by atoms with Crippen molar-refractivity contribution in [2.75, 3.05) is 0 Å². The van der Waals surface area contributed by atoms with Gasteiger partial charge in [-0.25, -0.2) is 0 Å². The van der Waals surface area contributed by atoms with Crippen molar-refractivity contribution < 1.29 is 0 Å². The minimum atomic E-state index is -0.360. The molecular formula is C36H26N2. The smallest absolute Gasteiger partial charge is 0.0509 e. The zero-order chi connectivity index (χ0) is 25.1. The number of benzene rings is 5. The fourth-order valence-corrected chi connectivity index (χ4v) is 6.60. The van der Waals surface area contributed by atoms with Crippen LogP contribution in [0.1, 0.15) is 23.1 Å². The molecule has 7 aromatic rings. The summed E-state index contributed by atoms with van der Waals surface area (Å²) in [6.45, 7) is 0. The second kappa shape index (κ2) is 8.09. The van der Waals surface area contributed by atoms with E-state index >= 15 is 0 Å². The average Bonchev–Trinajstić information content (AvgIpc) is 3.56. The number of H-pyrrole nitrogens is 2. The van der Waals surface area contributed by atoms with E-state index in [9.17, 15) is 0 Å². The Balaban J connectivity index is 1.47. The number of hydrogen-bond donors (Lipinski definition) is 2. The summed E-state index contributed by atoms with van der Waals surface area (Å²) in [5.74, 6) is 0. The van der Waals surface area contributed by atoms with Crippen LogP contribution in [0.4, 0.5) is 0 Å². The molecule has 0 fully saturated rings. The van der Waals surface area contributed by atoms with Gasteiger partial charge in [0.05, 0.1) is 11.0 Å². The standard InChI is InChI=1S/C36H26N2/c1-2-11-24(12-3-1)25-13-10-22-36(23-25,30-18-8-16-28-26-14-4-6-20-32(26)37-34(28)30)31-19-9-17-29-27-15-5-7-21-33(27)38-35(29)31/h1-22,37-38H,23H2. The second-order valence-electron chi connectivity index (χ2n) is 10.4. The summed E-state index contributed by atoms with van der Waals surface area (Å²) in [5.41, 5.74) is 9.62. The summed E-state index contributed by atoms with van der Waals surface area (Å²) in [6.07, 6.45) is 7.83. The molecule has 0 radical (unpaired) electrons. The normalized spacial score (nSPS) is 15.0. The molecule has 2 heterocycles. The van der Waals surface area contributed by atoms with Gasteiger partial charge in [0.25, 0.3) is 0 Å². The number of nitrogens with one attached hydrogen (secondary N) is 2. The van der Waals surface area contributed by atoms with Crippen LogP contribution in [0.3, 0.4) is 0 Å². The van der Waals surface area contributed by atoms with Gasteiger partial charge in [0.1, 0.15) is 0 Å². The Morgan fingerprint density at radius 2 is 1.03 bits per heavy atom. The summed E-state index contributed by atoms with van der Waals surface area (Å²) in [7, 11) is 0. The van der Waals surface area contributed by atoms with Gasteiger partial charge < -0.3 is 9.97 Å². The van der Waals surface area contributed by atoms with Gasteiger partial charge in [-0.3, -0.25) is 0 Å². The van der Waals surface area contributed by atoms with Gasteiger partial charge in [-0.15, -0.1) is 0 Å². The minimum absolute atomic E-state index is 0.360. The van der Waals surface area contributed by atoms with Crippen LogP contribution in [-0.2, 0) is 5.41 Å². The molecule has 0 bridgehead atoms. The van der Waals surface area contributed by atoms with Crippen LogP contribution >= 0.6 is 0 Å². The predicted octanol–water partition coefficient (Wildman–Crippen LogP) is 9.29. The fraction of sp³-hybridized carbons (Fsp3) is 0.0556. The molecule has 2 heteroatoms. The number of fused-ring (bicyclic) bond motifs is 6. The Bertz CT molecular complexity index is 1940. The number of rotatable bonds is 3. The van der Waals surface area contributed by atoms with E-state index in [0.29, 0.717) is 0 Å². The largest absolute Gasteiger partial charge is 0.354 e. The molecule has 0 atom stereocenters. The lowest BCUT2D eigenvalue weighted by molar-refractivity contribution is 0.667. The van der Waals surface area contributed by atoms with Crippen LogP contribution in [0.15, 0.2) is 133 Å². The fourth-order valence-electron chi connectivity index (χ4n) is 6.60. The first-order valence-electron chi connectivity index (χ1n) is 13.3. The zero-order valence-corrected chi connectivity index (χ0v) is 20.9. The van der Waals surface area contributed by atoms with Crippen molar-refractivity contribution in [2.45, 2.75) is 11.8 Å². The van der Waals surface area contributed by atoms with Crippen molar-refractivity contribution in [2.24, 2.45) is 0 Å². The summed E-state index contributed by atoms with van der Waals surface area (Å²) < 4.78 is 0. The highest BCUT2D eigenvalue weighted by molar-refractivity contribution is 6.11. The molecule has 8 rings (SSSR count). The molecule has 1 aliphatic rings. The Hall–Kier alpha value is -4.82. The minimum Gasteiger partial charge on any atom is -0.354 e. The van der Waals surface area contributed by atoms with E-state index in [1.165, 1.54) is 65.9 Å². The molecule has 0 aliphatic heterocycles. The van der Waals surface area contributed by atoms with Crippen molar-refractivity contribution in [3.8, 4) is 0 Å². The lowest BCUT2D eigenvalue weighted by Gasteiger charge is -2.36. The zero-order valence-electron chi connectivity index (χ0n) is 20.9. The van der Waals surface area contributed by atoms with Crippen LogP contribution in [0.25, 0.3) is 49.2 Å². The molecule has 2 aromatic heterocycles. The van der Waals surface area contributed by atoms with Crippen LogP contribution in [0.5, 0.6) is 0 Å². The molecule has 0 unspecified atom stereocenters. The third-order valence-electron chi connectivity index (χ3n) is 8.34. The Morgan fingerprint density at radius 1 is 0.500 bits per heavy atom. The lowest BCUT2D eigenvalue weighted by Crippen LogP contribution is -2.28. The Morgan fingerprint density at radius 3 is 1.63 bits per heavy atom. The quantitative estimate of drug-likeness (QED) is 0.249. The highest BCUT2D eigenvalue weighted by Gasteiger charge is 2.38. The molecule has 5 aromatic carbocycles. The number of allylic oxidation sites excluding steroid dienone is 4. The molecule has 2 N–H and O–H groups in total. The van der Waals surface area contributed by atoms with Gasteiger partial charge in [0, 0.05) is 38.0 Å². The maximum Gasteiger partial charge on any atom is 0.0509 e. The van der Waals surface area contributed by atoms with Crippen molar-refractivity contribution in [1.29, 1.82) is 0 Å². The van der Waals surface area contributed by atoms with E-state index in [0.717, 1.165) is 6.42 Å². The summed E-state index contributed by atoms with van der Waals surface area (Å²) in [4.78, 5) is 7.61. The highest BCUT2D eigenvalue weighted by atomic mass is 14.7. The molecule has 0 saturated carbocycles. The first-order valence-corrected chi connectivity index (χ1v) is 13.3. The van der Waals surface area contributed by atoms with Gasteiger partial charge in [-0.1, -0.05) is 121 Å². The van der Waals surface area contributed by atoms with Crippen LogP contribution in [0, 0.1) is 0 Å². The molecule has 180 valence electrons. The molecule has 1 aliphatic carbocycles. The molecule has 38 heavy (non-hydrogen) atoms. The van der Waals surface area contributed by atoms with E-state index in [1.54, 1.807) is 0 Å². The SMILES string of the molecule is C1=CC(c2cccc3c2[nH]c2ccccc23)(c2cccc3c2[nH]c2ccccc23)CC(c2ccccc2)=C1. The molecule has 2 nitrogen and oxygen atoms in total. The van der Waals surface area contributed by atoms with Crippen molar-refractivity contribution in [1.82, 2.24) is 9.97 Å². The maximum absolute atomic E-state index is 3.80. The molecule has 0 amide bonds. The molecule has 0 saturated heterocycles. The summed E-state index contributed by atoms with van der Waals surface area (Å²) >= 11 is 0. The lowest BCUT2D eigenvalue weighted by atomic mass is 9.66. The van der Waals surface area contributed by atoms with Gasteiger partial charge in [0.2, 0.25) is 0 Å². The van der Waals surface area contributed by atoms with E-state index in [2.05, 4.69) is 143 Å². The first-order chi connectivity index (χ1) is 18.8. The van der Waals surface area contributed by atoms with E-state index in [4.69, 9.17) is 0 Å². The van der Waals surface area contributed by atoms with Gasteiger partial charge in [-0.2, -0.15) is 0 Å². The Labute approximate surface area is 220 Å².